The van der Waals surface area contributed by atoms with Crippen LogP contribution in [0.5, 0.6) is 5.75 Å². The predicted molar refractivity (Wildman–Crippen MR) is 113 cm³/mol. The standard InChI is InChI=1S/C20H26N4O3S/c1-5-28(25,26)24-10-8-23(9-11-24)18-12-16-15-6-7-21-14(2)20(15)22(3)17(16)13-19(18)27-4/h6-7,12-13H,5,8-11H2,1-4H3. The number of hydrogen-bond acceptors (Lipinski definition) is 5. The summed E-state index contributed by atoms with van der Waals surface area (Å²) in [6.45, 7) is 5.99. The Hall–Kier alpha value is -2.32. The first-order valence-electron chi connectivity index (χ1n) is 9.52. The molecular formula is C20H26N4O3S. The Morgan fingerprint density at radius 2 is 1.86 bits per heavy atom. The van der Waals surface area contributed by atoms with Crippen LogP contribution in [0.3, 0.4) is 0 Å². The first kappa shape index (κ1) is 19.0. The predicted octanol–water partition coefficient (Wildman–Crippen LogP) is 2.52. The van der Waals surface area contributed by atoms with Gasteiger partial charge in [0.2, 0.25) is 10.0 Å². The summed E-state index contributed by atoms with van der Waals surface area (Å²) in [7, 11) is 0.585. The van der Waals surface area contributed by atoms with Crippen LogP contribution in [0.2, 0.25) is 0 Å². The number of ether oxygens (including phenoxy) is 1. The lowest BCUT2D eigenvalue weighted by Gasteiger charge is -2.35. The van der Waals surface area contributed by atoms with Gasteiger partial charge in [-0.2, -0.15) is 4.31 Å². The van der Waals surface area contributed by atoms with Gasteiger partial charge in [0.25, 0.3) is 0 Å². The molecule has 1 saturated heterocycles. The summed E-state index contributed by atoms with van der Waals surface area (Å²) in [6, 6.07) is 6.28. The van der Waals surface area contributed by atoms with E-state index in [1.54, 1.807) is 18.3 Å². The van der Waals surface area contributed by atoms with Gasteiger partial charge in [-0.25, -0.2) is 8.42 Å². The van der Waals surface area contributed by atoms with E-state index in [1.165, 1.54) is 5.39 Å². The lowest BCUT2D eigenvalue weighted by atomic mass is 10.1. The fraction of sp³-hybridized carbons (Fsp3) is 0.450. The van der Waals surface area contributed by atoms with E-state index in [-0.39, 0.29) is 5.75 Å². The topological polar surface area (TPSA) is 67.7 Å². The van der Waals surface area contributed by atoms with Crippen LogP contribution in [-0.4, -0.2) is 61.3 Å². The molecule has 3 aromatic rings. The molecule has 0 bridgehead atoms. The van der Waals surface area contributed by atoms with Gasteiger partial charge < -0.3 is 14.2 Å². The summed E-state index contributed by atoms with van der Waals surface area (Å²) in [5.41, 5.74) is 4.22. The highest BCUT2D eigenvalue weighted by Crippen LogP contribution is 2.38. The van der Waals surface area contributed by atoms with Crippen molar-refractivity contribution in [1.29, 1.82) is 0 Å². The lowest BCUT2D eigenvalue weighted by molar-refractivity contribution is 0.379. The number of hydrogen-bond donors (Lipinski definition) is 0. The number of nitrogens with zero attached hydrogens (tertiary/aromatic N) is 4. The maximum atomic E-state index is 12.2. The van der Waals surface area contributed by atoms with Crippen molar-refractivity contribution >= 4 is 37.5 Å². The van der Waals surface area contributed by atoms with Crippen molar-refractivity contribution in [1.82, 2.24) is 13.9 Å². The smallest absolute Gasteiger partial charge is 0.213 e. The Balaban J connectivity index is 1.78. The Labute approximate surface area is 165 Å². The summed E-state index contributed by atoms with van der Waals surface area (Å²) < 4.78 is 33.7. The lowest BCUT2D eigenvalue weighted by Crippen LogP contribution is -2.49. The molecule has 1 aliphatic heterocycles. The number of fused-ring (bicyclic) bond motifs is 3. The van der Waals surface area contributed by atoms with Gasteiger partial charge in [-0.3, -0.25) is 4.98 Å². The second-order valence-corrected chi connectivity index (χ2v) is 9.44. The molecule has 8 heteroatoms. The third-order valence-corrected chi connectivity index (χ3v) is 7.61. The van der Waals surface area contributed by atoms with Gasteiger partial charge in [0, 0.05) is 56.3 Å². The van der Waals surface area contributed by atoms with Crippen molar-refractivity contribution in [3.05, 3.63) is 30.1 Å². The number of methoxy groups -OCH3 is 1. The molecule has 0 aliphatic carbocycles. The third-order valence-electron chi connectivity index (χ3n) is 5.73. The Morgan fingerprint density at radius 3 is 2.50 bits per heavy atom. The van der Waals surface area contributed by atoms with Gasteiger partial charge in [-0.15, -0.1) is 0 Å². The maximum absolute atomic E-state index is 12.2. The quantitative estimate of drug-likeness (QED) is 0.671. The number of aromatic nitrogens is 2. The number of piperazine rings is 1. The van der Waals surface area contributed by atoms with Gasteiger partial charge in [0.1, 0.15) is 5.75 Å². The number of aryl methyl sites for hydroxylation is 2. The Morgan fingerprint density at radius 1 is 1.14 bits per heavy atom. The highest BCUT2D eigenvalue weighted by Gasteiger charge is 2.27. The molecule has 28 heavy (non-hydrogen) atoms. The van der Waals surface area contributed by atoms with Crippen LogP contribution in [0, 0.1) is 6.92 Å². The van der Waals surface area contributed by atoms with Gasteiger partial charge in [-0.1, -0.05) is 0 Å². The molecule has 150 valence electrons. The molecular weight excluding hydrogens is 376 g/mol. The number of pyridine rings is 1. The van der Waals surface area contributed by atoms with E-state index in [0.717, 1.165) is 33.6 Å². The van der Waals surface area contributed by atoms with Crippen molar-refractivity contribution in [3.8, 4) is 5.75 Å². The second kappa shape index (κ2) is 6.93. The van der Waals surface area contributed by atoms with E-state index < -0.39 is 10.0 Å². The zero-order valence-corrected chi connectivity index (χ0v) is 17.6. The Bertz CT molecular complexity index is 1150. The molecule has 0 atom stereocenters. The molecule has 4 rings (SSSR count). The summed E-state index contributed by atoms with van der Waals surface area (Å²) >= 11 is 0. The van der Waals surface area contributed by atoms with E-state index in [1.807, 2.05) is 26.2 Å². The average Bonchev–Trinajstić information content (AvgIpc) is 3.00. The van der Waals surface area contributed by atoms with Crippen LogP contribution in [-0.2, 0) is 17.1 Å². The summed E-state index contributed by atoms with van der Waals surface area (Å²) in [6.07, 6.45) is 1.84. The SMILES string of the molecule is CCS(=O)(=O)N1CCN(c2cc3c4ccnc(C)c4n(C)c3cc2OC)CC1. The zero-order chi connectivity index (χ0) is 20.1. The molecule has 0 amide bonds. The van der Waals surface area contributed by atoms with E-state index in [4.69, 9.17) is 4.74 Å². The molecule has 1 aliphatic rings. The van der Waals surface area contributed by atoms with Gasteiger partial charge >= 0.3 is 0 Å². The fourth-order valence-electron chi connectivity index (χ4n) is 4.17. The monoisotopic (exact) mass is 402 g/mol. The summed E-state index contributed by atoms with van der Waals surface area (Å²) in [5, 5.41) is 2.32. The van der Waals surface area contributed by atoms with E-state index >= 15 is 0 Å². The van der Waals surface area contributed by atoms with Crippen molar-refractivity contribution in [2.75, 3.05) is 43.9 Å². The second-order valence-electron chi connectivity index (χ2n) is 7.18. The normalized spacial score (nSPS) is 16.2. The molecule has 3 heterocycles. The highest BCUT2D eigenvalue weighted by molar-refractivity contribution is 7.89. The molecule has 0 spiro atoms. The third kappa shape index (κ3) is 2.91. The molecule has 1 aromatic carbocycles. The Kier molecular flexibility index (Phi) is 4.71. The molecule has 0 radical (unpaired) electrons. The molecule has 2 aromatic heterocycles. The summed E-state index contributed by atoms with van der Waals surface area (Å²) in [4.78, 5) is 6.65. The fourth-order valence-corrected chi connectivity index (χ4v) is 5.26. The number of sulfonamides is 1. The molecule has 0 unspecified atom stereocenters. The minimum Gasteiger partial charge on any atom is -0.495 e. The van der Waals surface area contributed by atoms with Crippen molar-refractivity contribution in [2.45, 2.75) is 13.8 Å². The van der Waals surface area contributed by atoms with Crippen molar-refractivity contribution in [2.24, 2.45) is 7.05 Å². The molecule has 0 N–H and O–H groups in total. The van der Waals surface area contributed by atoms with E-state index in [9.17, 15) is 8.42 Å². The van der Waals surface area contributed by atoms with Crippen LogP contribution in [0.15, 0.2) is 24.4 Å². The van der Waals surface area contributed by atoms with Crippen LogP contribution in [0.4, 0.5) is 5.69 Å². The molecule has 0 saturated carbocycles. The van der Waals surface area contributed by atoms with Crippen LogP contribution < -0.4 is 9.64 Å². The molecule has 7 nitrogen and oxygen atoms in total. The zero-order valence-electron chi connectivity index (χ0n) is 16.8. The largest absolute Gasteiger partial charge is 0.495 e. The first-order valence-corrected chi connectivity index (χ1v) is 11.1. The minimum absolute atomic E-state index is 0.145. The van der Waals surface area contributed by atoms with Gasteiger partial charge in [-0.05, 0) is 26.0 Å². The summed E-state index contributed by atoms with van der Waals surface area (Å²) in [5.74, 6) is 0.946. The first-order chi connectivity index (χ1) is 13.4. The number of anilines is 1. The minimum atomic E-state index is -3.14. The number of benzene rings is 1. The van der Waals surface area contributed by atoms with Gasteiger partial charge in [0.15, 0.2) is 0 Å². The maximum Gasteiger partial charge on any atom is 0.213 e. The van der Waals surface area contributed by atoms with Crippen LogP contribution in [0.1, 0.15) is 12.6 Å². The van der Waals surface area contributed by atoms with E-state index in [0.29, 0.717) is 26.2 Å². The van der Waals surface area contributed by atoms with E-state index in [2.05, 4.69) is 26.6 Å². The van der Waals surface area contributed by atoms with Gasteiger partial charge in [0.05, 0.1) is 35.3 Å². The molecule has 1 fully saturated rings. The van der Waals surface area contributed by atoms with Crippen LogP contribution >= 0.6 is 0 Å². The van der Waals surface area contributed by atoms with Crippen molar-refractivity contribution < 1.29 is 13.2 Å². The average molecular weight is 403 g/mol. The van der Waals surface area contributed by atoms with Crippen molar-refractivity contribution in [3.63, 3.8) is 0 Å². The highest BCUT2D eigenvalue weighted by atomic mass is 32.2. The number of rotatable bonds is 4. The van der Waals surface area contributed by atoms with Crippen LogP contribution in [0.25, 0.3) is 21.8 Å².